The maximum atomic E-state index is 12.3. The fraction of sp³-hybridized carbons (Fsp3) is 0.600. The van der Waals surface area contributed by atoms with Crippen LogP contribution in [-0.4, -0.2) is 55.2 Å². The Bertz CT molecular complexity index is 423. The van der Waals surface area contributed by atoms with Gasteiger partial charge in [0.05, 0.1) is 6.54 Å². The van der Waals surface area contributed by atoms with Crippen LogP contribution < -0.4 is 5.73 Å². The zero-order valence-corrected chi connectivity index (χ0v) is 12.1. The van der Waals surface area contributed by atoms with Crippen molar-refractivity contribution >= 4 is 5.69 Å². The minimum absolute atomic E-state index is 0.501. The van der Waals surface area contributed by atoms with Crippen LogP contribution in [-0.2, 0) is 6.42 Å². The molecule has 1 aliphatic rings. The molecule has 0 atom stereocenters. The number of anilines is 1. The first-order chi connectivity index (χ1) is 9.92. The Labute approximate surface area is 123 Å². The Kier molecular flexibility index (Phi) is 5.47. The summed E-state index contributed by atoms with van der Waals surface area (Å²) in [5.41, 5.74) is 7.65. The molecule has 0 unspecified atom stereocenters. The third-order valence-corrected chi connectivity index (χ3v) is 3.79. The van der Waals surface area contributed by atoms with Crippen molar-refractivity contribution in [2.75, 3.05) is 45.0 Å². The Morgan fingerprint density at radius 2 is 1.52 bits per heavy atom. The zero-order valence-electron chi connectivity index (χ0n) is 12.1. The average Bonchev–Trinajstić information content (AvgIpc) is 2.41. The lowest BCUT2D eigenvalue weighted by Gasteiger charge is -2.34. The number of hydrogen-bond donors (Lipinski definition) is 1. The van der Waals surface area contributed by atoms with Gasteiger partial charge in [-0.2, -0.15) is 13.2 Å². The standard InChI is InChI=1S/C15H22F3N3/c16-15(17,18)12-21-10-8-20(9-11-21)7-1-2-13-3-5-14(19)6-4-13/h3-6H,1-2,7-12,19H2. The number of rotatable bonds is 5. The molecule has 6 heteroatoms. The second-order valence-electron chi connectivity index (χ2n) is 5.58. The van der Waals surface area contributed by atoms with Gasteiger partial charge in [-0.05, 0) is 37.1 Å². The van der Waals surface area contributed by atoms with Gasteiger partial charge in [-0.3, -0.25) is 4.90 Å². The fourth-order valence-corrected chi connectivity index (χ4v) is 2.62. The van der Waals surface area contributed by atoms with Gasteiger partial charge in [0.15, 0.2) is 0 Å². The highest BCUT2D eigenvalue weighted by Crippen LogP contribution is 2.17. The normalized spacial score (nSPS) is 18.0. The lowest BCUT2D eigenvalue weighted by Crippen LogP contribution is -2.49. The van der Waals surface area contributed by atoms with E-state index >= 15 is 0 Å². The second kappa shape index (κ2) is 7.13. The van der Waals surface area contributed by atoms with Crippen LogP contribution in [0, 0.1) is 0 Å². The molecule has 3 nitrogen and oxygen atoms in total. The van der Waals surface area contributed by atoms with Crippen LogP contribution in [0.15, 0.2) is 24.3 Å². The van der Waals surface area contributed by atoms with E-state index in [2.05, 4.69) is 4.90 Å². The molecule has 1 saturated heterocycles. The number of nitrogen functional groups attached to an aromatic ring is 1. The van der Waals surface area contributed by atoms with Crippen molar-refractivity contribution in [3.05, 3.63) is 29.8 Å². The van der Waals surface area contributed by atoms with Crippen molar-refractivity contribution in [1.29, 1.82) is 0 Å². The van der Waals surface area contributed by atoms with Crippen LogP contribution in [0.1, 0.15) is 12.0 Å². The number of benzene rings is 1. The number of halogens is 3. The number of hydrogen-bond acceptors (Lipinski definition) is 3. The molecule has 118 valence electrons. The van der Waals surface area contributed by atoms with Crippen LogP contribution in [0.5, 0.6) is 0 Å². The van der Waals surface area contributed by atoms with Crippen molar-refractivity contribution in [2.45, 2.75) is 19.0 Å². The number of piperazine rings is 1. The molecule has 1 aromatic carbocycles. The van der Waals surface area contributed by atoms with Crippen molar-refractivity contribution in [2.24, 2.45) is 0 Å². The third kappa shape index (κ3) is 5.93. The lowest BCUT2D eigenvalue weighted by atomic mass is 10.1. The van der Waals surface area contributed by atoms with Crippen LogP contribution in [0.3, 0.4) is 0 Å². The molecule has 1 fully saturated rings. The number of nitrogens with two attached hydrogens (primary N) is 1. The van der Waals surface area contributed by atoms with E-state index in [1.165, 1.54) is 10.5 Å². The van der Waals surface area contributed by atoms with Crippen molar-refractivity contribution in [3.8, 4) is 0 Å². The van der Waals surface area contributed by atoms with Crippen LogP contribution >= 0.6 is 0 Å². The maximum absolute atomic E-state index is 12.3. The van der Waals surface area contributed by atoms with E-state index in [4.69, 9.17) is 5.73 Å². The first kappa shape index (κ1) is 16.1. The second-order valence-corrected chi connectivity index (χ2v) is 5.58. The van der Waals surface area contributed by atoms with Gasteiger partial charge in [0.1, 0.15) is 0 Å². The summed E-state index contributed by atoms with van der Waals surface area (Å²) >= 11 is 0. The van der Waals surface area contributed by atoms with Gasteiger partial charge < -0.3 is 10.6 Å². The molecule has 0 saturated carbocycles. The smallest absolute Gasteiger partial charge is 0.399 e. The average molecular weight is 301 g/mol. The van der Waals surface area contributed by atoms with Crippen LogP contribution in [0.25, 0.3) is 0 Å². The Balaban J connectivity index is 1.64. The largest absolute Gasteiger partial charge is 0.401 e. The molecule has 0 radical (unpaired) electrons. The summed E-state index contributed by atoms with van der Waals surface area (Å²) in [5, 5.41) is 0. The molecule has 0 amide bonds. The molecule has 0 spiro atoms. The predicted octanol–water partition coefficient (Wildman–Crippen LogP) is 2.38. The Morgan fingerprint density at radius 3 is 2.10 bits per heavy atom. The summed E-state index contributed by atoms with van der Waals surface area (Å²) in [6.07, 6.45) is -2.09. The summed E-state index contributed by atoms with van der Waals surface area (Å²) in [4.78, 5) is 3.72. The molecule has 1 aromatic rings. The Hall–Kier alpha value is -1.27. The van der Waals surface area contributed by atoms with E-state index in [1.807, 2.05) is 24.3 Å². The molecule has 1 heterocycles. The lowest BCUT2D eigenvalue weighted by molar-refractivity contribution is -0.149. The molecular formula is C15H22F3N3. The first-order valence-corrected chi connectivity index (χ1v) is 7.28. The highest BCUT2D eigenvalue weighted by atomic mass is 19.4. The van der Waals surface area contributed by atoms with Gasteiger partial charge in [-0.1, -0.05) is 12.1 Å². The predicted molar refractivity (Wildman–Crippen MR) is 78.1 cm³/mol. The van der Waals surface area contributed by atoms with Gasteiger partial charge in [-0.15, -0.1) is 0 Å². The van der Waals surface area contributed by atoms with Crippen molar-refractivity contribution in [1.82, 2.24) is 9.80 Å². The van der Waals surface area contributed by atoms with Crippen molar-refractivity contribution < 1.29 is 13.2 Å². The maximum Gasteiger partial charge on any atom is 0.401 e. The topological polar surface area (TPSA) is 32.5 Å². The molecule has 0 aliphatic carbocycles. The van der Waals surface area contributed by atoms with Gasteiger partial charge in [-0.25, -0.2) is 0 Å². The van der Waals surface area contributed by atoms with Crippen LogP contribution in [0.2, 0.25) is 0 Å². The molecule has 0 bridgehead atoms. The summed E-state index contributed by atoms with van der Waals surface area (Å²) in [5.74, 6) is 0. The minimum Gasteiger partial charge on any atom is -0.399 e. The number of aryl methyl sites for hydroxylation is 1. The van der Waals surface area contributed by atoms with Crippen LogP contribution in [0.4, 0.5) is 18.9 Å². The summed E-state index contributed by atoms with van der Waals surface area (Å²) < 4.78 is 36.9. The Morgan fingerprint density at radius 1 is 0.952 bits per heavy atom. The van der Waals surface area contributed by atoms with Gasteiger partial charge in [0.2, 0.25) is 0 Å². The quantitative estimate of drug-likeness (QED) is 0.848. The monoisotopic (exact) mass is 301 g/mol. The first-order valence-electron chi connectivity index (χ1n) is 7.28. The van der Waals surface area contributed by atoms with E-state index in [9.17, 15) is 13.2 Å². The highest BCUT2D eigenvalue weighted by Gasteiger charge is 2.31. The minimum atomic E-state index is -4.09. The van der Waals surface area contributed by atoms with Gasteiger partial charge >= 0.3 is 6.18 Å². The number of nitrogens with zero attached hydrogens (tertiary/aromatic N) is 2. The molecule has 2 rings (SSSR count). The zero-order chi connectivity index (χ0) is 15.3. The summed E-state index contributed by atoms with van der Waals surface area (Å²) in [7, 11) is 0. The highest BCUT2D eigenvalue weighted by molar-refractivity contribution is 5.39. The molecule has 0 aromatic heterocycles. The third-order valence-electron chi connectivity index (χ3n) is 3.79. The van der Waals surface area contributed by atoms with Gasteiger partial charge in [0.25, 0.3) is 0 Å². The molecule has 2 N–H and O–H groups in total. The van der Waals surface area contributed by atoms with E-state index in [0.29, 0.717) is 13.1 Å². The summed E-state index contributed by atoms with van der Waals surface area (Å²) in [6, 6.07) is 7.84. The molecule has 21 heavy (non-hydrogen) atoms. The molecular weight excluding hydrogens is 279 g/mol. The van der Waals surface area contributed by atoms with E-state index in [0.717, 1.165) is 38.2 Å². The van der Waals surface area contributed by atoms with Crippen molar-refractivity contribution in [3.63, 3.8) is 0 Å². The van der Waals surface area contributed by atoms with E-state index < -0.39 is 12.7 Å². The SMILES string of the molecule is Nc1ccc(CCCN2CCN(CC(F)(F)F)CC2)cc1. The number of alkyl halides is 3. The fourth-order valence-electron chi connectivity index (χ4n) is 2.62. The molecule has 1 aliphatic heterocycles. The van der Waals surface area contributed by atoms with E-state index in [1.54, 1.807) is 0 Å². The van der Waals surface area contributed by atoms with E-state index in [-0.39, 0.29) is 0 Å². The summed E-state index contributed by atoms with van der Waals surface area (Å²) in [6.45, 7) is 2.59. The van der Waals surface area contributed by atoms with Gasteiger partial charge in [0, 0.05) is 31.9 Å².